The van der Waals surface area contributed by atoms with Crippen molar-refractivity contribution in [1.29, 1.82) is 0 Å². The Morgan fingerprint density at radius 1 is 1.00 bits per heavy atom. The van der Waals surface area contributed by atoms with Crippen LogP contribution in [0.2, 0.25) is 5.02 Å². The van der Waals surface area contributed by atoms with E-state index in [9.17, 15) is 0 Å². The second kappa shape index (κ2) is 8.95. The Kier molecular flexibility index (Phi) is 5.63. The molecule has 0 saturated carbocycles. The minimum atomic E-state index is -0.215. The van der Waals surface area contributed by atoms with Gasteiger partial charge in [0.15, 0.2) is 5.11 Å². The molecule has 0 radical (unpaired) electrons. The normalized spacial score (nSPS) is 17.5. The molecule has 0 amide bonds. The third-order valence-electron chi connectivity index (χ3n) is 6.72. The first-order chi connectivity index (χ1) is 17.1. The fraction of sp³-hybridized carbons (Fsp3) is 0.179. The van der Waals surface area contributed by atoms with Crippen LogP contribution in [0.3, 0.4) is 0 Å². The Labute approximate surface area is 214 Å². The van der Waals surface area contributed by atoms with Gasteiger partial charge in [0.05, 0.1) is 11.6 Å². The third kappa shape index (κ3) is 4.03. The first-order valence-corrected chi connectivity index (χ1v) is 12.5. The van der Waals surface area contributed by atoms with Crippen molar-refractivity contribution < 1.29 is 4.52 Å². The van der Waals surface area contributed by atoms with Crippen LogP contribution in [0.25, 0.3) is 17.0 Å². The fourth-order valence-corrected chi connectivity index (χ4v) is 5.46. The molecule has 1 N–H and O–H groups in total. The Balaban J connectivity index is 1.48. The van der Waals surface area contributed by atoms with Crippen LogP contribution < -0.4 is 10.2 Å². The van der Waals surface area contributed by atoms with E-state index in [1.165, 1.54) is 17.5 Å². The number of allylic oxidation sites excluding steroid dienone is 1. The van der Waals surface area contributed by atoms with Gasteiger partial charge in [0.1, 0.15) is 0 Å². The number of rotatable bonds is 4. The van der Waals surface area contributed by atoms with Crippen LogP contribution in [0.4, 0.5) is 5.69 Å². The van der Waals surface area contributed by atoms with Crippen LogP contribution in [0.5, 0.6) is 0 Å². The van der Waals surface area contributed by atoms with Crippen LogP contribution in [0.1, 0.15) is 42.0 Å². The van der Waals surface area contributed by atoms with Gasteiger partial charge >= 0.3 is 0 Å². The Morgan fingerprint density at radius 3 is 2.57 bits per heavy atom. The van der Waals surface area contributed by atoms with Crippen molar-refractivity contribution in [3.8, 4) is 11.4 Å². The molecular weight excluding hydrogens is 476 g/mol. The van der Waals surface area contributed by atoms with Gasteiger partial charge in [-0.1, -0.05) is 53.2 Å². The average Bonchev–Trinajstić information content (AvgIpc) is 3.54. The predicted octanol–water partition coefficient (Wildman–Crippen LogP) is 6.75. The lowest BCUT2D eigenvalue weighted by atomic mass is 9.94. The highest BCUT2D eigenvalue weighted by Gasteiger charge is 2.35. The van der Waals surface area contributed by atoms with Crippen LogP contribution in [0, 0.1) is 0 Å². The number of nitrogens with zero attached hydrogens (tertiary/aromatic N) is 3. The molecule has 7 heteroatoms. The molecule has 4 aromatic rings. The lowest BCUT2D eigenvalue weighted by Gasteiger charge is -2.37. The number of halogens is 1. The van der Waals surface area contributed by atoms with Gasteiger partial charge in [-0.05, 0) is 91.5 Å². The molecule has 1 aromatic heterocycles. The van der Waals surface area contributed by atoms with E-state index in [0.717, 1.165) is 40.9 Å². The second-order valence-electron chi connectivity index (χ2n) is 8.86. The molecule has 174 valence electrons. The summed E-state index contributed by atoms with van der Waals surface area (Å²) in [5.41, 5.74) is 7.65. The van der Waals surface area contributed by atoms with E-state index in [0.29, 0.717) is 21.9 Å². The maximum absolute atomic E-state index is 6.06. The molecule has 0 saturated heterocycles. The Bertz CT molecular complexity index is 1450. The van der Waals surface area contributed by atoms with E-state index in [1.807, 2.05) is 42.5 Å². The molecule has 1 aliphatic heterocycles. The number of aromatic nitrogens is 2. The Morgan fingerprint density at radius 2 is 1.77 bits per heavy atom. The summed E-state index contributed by atoms with van der Waals surface area (Å²) in [6, 6.07) is 24.0. The van der Waals surface area contributed by atoms with Gasteiger partial charge in [0.25, 0.3) is 5.89 Å². The standard InChI is InChI=1S/C28H23ClN4OS/c1-17-24(27-31-26(32-34-27)20-10-13-22(29)14-11-20)25(19-6-3-2-4-7-19)30-28(35)33(17)23-15-12-18-8-5-9-21(18)16-23/h2-4,6-7,10-16,25H,5,8-9H2,1H3,(H,30,35). The summed E-state index contributed by atoms with van der Waals surface area (Å²) >= 11 is 11.9. The molecule has 5 nitrogen and oxygen atoms in total. The molecule has 35 heavy (non-hydrogen) atoms. The van der Waals surface area contributed by atoms with Gasteiger partial charge in [-0.3, -0.25) is 4.90 Å². The largest absolute Gasteiger partial charge is 0.351 e. The summed E-state index contributed by atoms with van der Waals surface area (Å²) in [4.78, 5) is 6.86. The zero-order chi connectivity index (χ0) is 23.9. The van der Waals surface area contributed by atoms with Crippen molar-refractivity contribution in [3.05, 3.63) is 106 Å². The van der Waals surface area contributed by atoms with E-state index in [2.05, 4.69) is 52.6 Å². The fourth-order valence-electron chi connectivity index (χ4n) is 4.97. The van der Waals surface area contributed by atoms with Gasteiger partial charge < -0.3 is 9.84 Å². The number of benzene rings is 3. The topological polar surface area (TPSA) is 54.2 Å². The number of anilines is 1. The number of hydrogen-bond donors (Lipinski definition) is 1. The highest BCUT2D eigenvalue weighted by atomic mass is 35.5. The molecule has 1 unspecified atom stereocenters. The van der Waals surface area contributed by atoms with Gasteiger partial charge in [0, 0.05) is 22.0 Å². The first-order valence-electron chi connectivity index (χ1n) is 11.7. The molecule has 3 aromatic carbocycles. The molecule has 2 aliphatic rings. The van der Waals surface area contributed by atoms with E-state index >= 15 is 0 Å². The summed E-state index contributed by atoms with van der Waals surface area (Å²) in [6.07, 6.45) is 3.45. The predicted molar refractivity (Wildman–Crippen MR) is 143 cm³/mol. The SMILES string of the molecule is CC1=C(c2nc(-c3ccc(Cl)cc3)no2)C(c2ccccc2)NC(=S)N1c1ccc2c(c1)CCC2. The molecule has 1 aliphatic carbocycles. The molecular formula is C28H23ClN4OS. The molecule has 6 rings (SSSR count). The highest BCUT2D eigenvalue weighted by Crippen LogP contribution is 2.40. The minimum Gasteiger partial charge on any atom is -0.351 e. The van der Waals surface area contributed by atoms with Gasteiger partial charge in [-0.25, -0.2) is 0 Å². The maximum Gasteiger partial charge on any atom is 0.258 e. The van der Waals surface area contributed by atoms with Gasteiger partial charge in [-0.2, -0.15) is 4.98 Å². The molecule has 1 atom stereocenters. The van der Waals surface area contributed by atoms with Crippen LogP contribution >= 0.6 is 23.8 Å². The molecule has 2 heterocycles. The zero-order valence-corrected chi connectivity index (χ0v) is 20.7. The quantitative estimate of drug-likeness (QED) is 0.314. The van der Waals surface area contributed by atoms with Crippen molar-refractivity contribution in [2.75, 3.05) is 4.90 Å². The van der Waals surface area contributed by atoms with Crippen molar-refractivity contribution >= 4 is 40.2 Å². The smallest absolute Gasteiger partial charge is 0.258 e. The first kappa shape index (κ1) is 22.0. The zero-order valence-electron chi connectivity index (χ0n) is 19.2. The summed E-state index contributed by atoms with van der Waals surface area (Å²) < 4.78 is 5.84. The molecule has 0 fully saturated rings. The van der Waals surface area contributed by atoms with Gasteiger partial charge in [-0.15, -0.1) is 0 Å². The summed E-state index contributed by atoms with van der Waals surface area (Å²) in [5, 5.41) is 9.12. The molecule has 0 spiro atoms. The summed E-state index contributed by atoms with van der Waals surface area (Å²) in [6.45, 7) is 2.07. The number of thiocarbonyl (C=S) groups is 1. The Hall–Kier alpha value is -3.48. The number of hydrogen-bond acceptors (Lipinski definition) is 4. The van der Waals surface area contributed by atoms with Crippen LogP contribution in [-0.2, 0) is 12.8 Å². The van der Waals surface area contributed by atoms with E-state index in [4.69, 9.17) is 33.3 Å². The third-order valence-corrected chi connectivity index (χ3v) is 7.27. The second-order valence-corrected chi connectivity index (χ2v) is 9.69. The van der Waals surface area contributed by atoms with Crippen molar-refractivity contribution in [1.82, 2.24) is 15.5 Å². The lowest BCUT2D eigenvalue weighted by Crippen LogP contribution is -2.46. The lowest BCUT2D eigenvalue weighted by molar-refractivity contribution is 0.404. The number of aryl methyl sites for hydroxylation is 2. The monoisotopic (exact) mass is 498 g/mol. The number of fused-ring (bicyclic) bond motifs is 1. The van der Waals surface area contributed by atoms with Crippen molar-refractivity contribution in [2.45, 2.75) is 32.2 Å². The number of nitrogens with one attached hydrogen (secondary N) is 1. The van der Waals surface area contributed by atoms with E-state index in [1.54, 1.807) is 0 Å². The van der Waals surface area contributed by atoms with Crippen LogP contribution in [-0.4, -0.2) is 15.3 Å². The van der Waals surface area contributed by atoms with Crippen molar-refractivity contribution in [3.63, 3.8) is 0 Å². The van der Waals surface area contributed by atoms with Crippen molar-refractivity contribution in [2.24, 2.45) is 0 Å². The highest BCUT2D eigenvalue weighted by molar-refractivity contribution is 7.80. The maximum atomic E-state index is 6.06. The van der Waals surface area contributed by atoms with Gasteiger partial charge in [0.2, 0.25) is 5.82 Å². The summed E-state index contributed by atoms with van der Waals surface area (Å²) in [5.74, 6) is 0.975. The minimum absolute atomic E-state index is 0.215. The summed E-state index contributed by atoms with van der Waals surface area (Å²) in [7, 11) is 0. The average molecular weight is 499 g/mol. The van der Waals surface area contributed by atoms with E-state index in [-0.39, 0.29) is 6.04 Å². The molecule has 0 bridgehead atoms. The van der Waals surface area contributed by atoms with Crippen LogP contribution in [0.15, 0.2) is 83.0 Å². The van der Waals surface area contributed by atoms with E-state index < -0.39 is 0 Å².